The van der Waals surface area contributed by atoms with E-state index in [0.717, 1.165) is 24.3 Å². The minimum Gasteiger partial charge on any atom is -0.441 e. The molecule has 2 aromatic rings. The minimum absolute atomic E-state index is 0.0674. The topological polar surface area (TPSA) is 50.1 Å². The van der Waals surface area contributed by atoms with Gasteiger partial charge in [-0.05, 0) is 24.7 Å². The first kappa shape index (κ1) is 13.1. The quantitative estimate of drug-likeness (QED) is 0.628. The van der Waals surface area contributed by atoms with Crippen molar-refractivity contribution >= 4 is 11.1 Å². The molecule has 0 bridgehead atoms. The second kappa shape index (κ2) is 5.08. The third-order valence-corrected chi connectivity index (χ3v) is 3.14. The van der Waals surface area contributed by atoms with Gasteiger partial charge in [-0.15, -0.1) is 0 Å². The van der Waals surface area contributed by atoms with E-state index in [0.29, 0.717) is 5.89 Å². The van der Waals surface area contributed by atoms with Crippen LogP contribution in [0.5, 0.6) is 0 Å². The van der Waals surface area contributed by atoms with Crippen molar-refractivity contribution in [3.63, 3.8) is 0 Å². The molecule has 0 spiro atoms. The lowest BCUT2D eigenvalue weighted by atomic mass is 9.84. The molecule has 0 amide bonds. The third kappa shape index (κ3) is 2.71. The maximum Gasteiger partial charge on any atom is 0.192 e. The standard InChI is InChI=1S/C14H21N3O/c1-10-17-12-7-11(5-6-13(12)18-10)14(2,3)8-16-9-15-4/h5-7,15-16H,8-9H2,1-4H3. The first-order valence-corrected chi connectivity index (χ1v) is 6.26. The zero-order valence-electron chi connectivity index (χ0n) is 11.5. The molecule has 1 heterocycles. The Morgan fingerprint density at radius 2 is 2.11 bits per heavy atom. The highest BCUT2D eigenvalue weighted by Gasteiger charge is 2.21. The molecule has 0 saturated carbocycles. The van der Waals surface area contributed by atoms with Crippen LogP contribution in [0.4, 0.5) is 0 Å². The summed E-state index contributed by atoms with van der Waals surface area (Å²) < 4.78 is 5.50. The molecular formula is C14H21N3O. The van der Waals surface area contributed by atoms with Gasteiger partial charge in [0, 0.05) is 25.6 Å². The van der Waals surface area contributed by atoms with Crippen LogP contribution in [0, 0.1) is 6.92 Å². The monoisotopic (exact) mass is 247 g/mol. The summed E-state index contributed by atoms with van der Waals surface area (Å²) in [5.74, 6) is 0.716. The van der Waals surface area contributed by atoms with E-state index >= 15 is 0 Å². The van der Waals surface area contributed by atoms with Gasteiger partial charge in [0.05, 0.1) is 0 Å². The summed E-state index contributed by atoms with van der Waals surface area (Å²) in [7, 11) is 1.93. The van der Waals surface area contributed by atoms with Crippen LogP contribution in [0.2, 0.25) is 0 Å². The highest BCUT2D eigenvalue weighted by atomic mass is 16.3. The van der Waals surface area contributed by atoms with Gasteiger partial charge in [0.1, 0.15) is 5.52 Å². The van der Waals surface area contributed by atoms with E-state index in [9.17, 15) is 0 Å². The lowest BCUT2D eigenvalue weighted by Gasteiger charge is -2.25. The van der Waals surface area contributed by atoms with Crippen molar-refractivity contribution in [2.75, 3.05) is 20.3 Å². The average molecular weight is 247 g/mol. The van der Waals surface area contributed by atoms with E-state index in [-0.39, 0.29) is 5.41 Å². The van der Waals surface area contributed by atoms with Crippen LogP contribution in [-0.2, 0) is 5.41 Å². The smallest absolute Gasteiger partial charge is 0.192 e. The Balaban J connectivity index is 2.23. The molecule has 0 radical (unpaired) electrons. The Hall–Kier alpha value is -1.39. The fraction of sp³-hybridized carbons (Fsp3) is 0.500. The molecule has 2 N–H and O–H groups in total. The van der Waals surface area contributed by atoms with Gasteiger partial charge in [-0.25, -0.2) is 4.98 Å². The van der Waals surface area contributed by atoms with Crippen molar-refractivity contribution in [1.29, 1.82) is 0 Å². The van der Waals surface area contributed by atoms with Crippen molar-refractivity contribution in [3.05, 3.63) is 29.7 Å². The molecule has 0 saturated heterocycles. The molecule has 1 aromatic heterocycles. The zero-order chi connectivity index (χ0) is 13.2. The highest BCUT2D eigenvalue weighted by Crippen LogP contribution is 2.26. The minimum atomic E-state index is 0.0674. The summed E-state index contributed by atoms with van der Waals surface area (Å²) in [4.78, 5) is 4.38. The van der Waals surface area contributed by atoms with E-state index in [1.807, 2.05) is 20.0 Å². The SMILES string of the molecule is CNCNCC(C)(C)c1ccc2oc(C)nc2c1. The number of oxazole rings is 1. The molecule has 0 aliphatic rings. The van der Waals surface area contributed by atoms with Crippen LogP contribution in [0.1, 0.15) is 25.3 Å². The average Bonchev–Trinajstić information content (AvgIpc) is 2.68. The molecule has 0 fully saturated rings. The van der Waals surface area contributed by atoms with E-state index in [2.05, 4.69) is 41.6 Å². The number of aryl methyl sites for hydroxylation is 1. The summed E-state index contributed by atoms with van der Waals surface area (Å²) in [6, 6.07) is 6.24. The maximum absolute atomic E-state index is 5.50. The molecule has 2 rings (SSSR count). The van der Waals surface area contributed by atoms with Gasteiger partial charge in [0.2, 0.25) is 0 Å². The number of nitrogens with one attached hydrogen (secondary N) is 2. The predicted octanol–water partition coefficient (Wildman–Crippen LogP) is 2.18. The molecule has 1 aromatic carbocycles. The van der Waals surface area contributed by atoms with Crippen molar-refractivity contribution < 1.29 is 4.42 Å². The number of aromatic nitrogens is 1. The van der Waals surface area contributed by atoms with E-state index < -0.39 is 0 Å². The fourth-order valence-electron chi connectivity index (χ4n) is 2.07. The summed E-state index contributed by atoms with van der Waals surface area (Å²) >= 11 is 0. The van der Waals surface area contributed by atoms with Gasteiger partial charge in [-0.3, -0.25) is 0 Å². The first-order chi connectivity index (χ1) is 8.53. The summed E-state index contributed by atoms with van der Waals surface area (Å²) in [5.41, 5.74) is 3.13. The molecule has 18 heavy (non-hydrogen) atoms. The van der Waals surface area contributed by atoms with Crippen LogP contribution >= 0.6 is 0 Å². The number of rotatable bonds is 5. The van der Waals surface area contributed by atoms with Crippen molar-refractivity contribution in [2.24, 2.45) is 0 Å². The normalized spacial score (nSPS) is 12.2. The maximum atomic E-state index is 5.50. The molecule has 0 unspecified atom stereocenters. The molecule has 0 aliphatic heterocycles. The van der Waals surface area contributed by atoms with Crippen LogP contribution in [0.25, 0.3) is 11.1 Å². The van der Waals surface area contributed by atoms with Crippen molar-refractivity contribution in [3.8, 4) is 0 Å². The van der Waals surface area contributed by atoms with Gasteiger partial charge < -0.3 is 15.1 Å². The number of hydrogen-bond donors (Lipinski definition) is 2. The Labute approximate surface area is 108 Å². The van der Waals surface area contributed by atoms with Gasteiger partial charge in [-0.2, -0.15) is 0 Å². The highest BCUT2D eigenvalue weighted by molar-refractivity contribution is 5.73. The predicted molar refractivity (Wildman–Crippen MR) is 73.7 cm³/mol. The van der Waals surface area contributed by atoms with Crippen LogP contribution in [-0.4, -0.2) is 25.2 Å². The van der Waals surface area contributed by atoms with Crippen molar-refractivity contribution in [1.82, 2.24) is 15.6 Å². The zero-order valence-corrected chi connectivity index (χ0v) is 11.5. The van der Waals surface area contributed by atoms with E-state index in [4.69, 9.17) is 4.42 Å². The summed E-state index contributed by atoms with van der Waals surface area (Å²) in [6.45, 7) is 8.05. The second-order valence-electron chi connectivity index (χ2n) is 5.26. The molecule has 0 atom stereocenters. The van der Waals surface area contributed by atoms with Gasteiger partial charge >= 0.3 is 0 Å². The first-order valence-electron chi connectivity index (χ1n) is 6.26. The largest absolute Gasteiger partial charge is 0.441 e. The number of nitrogens with zero attached hydrogens (tertiary/aromatic N) is 1. The molecule has 98 valence electrons. The van der Waals surface area contributed by atoms with Crippen molar-refractivity contribution in [2.45, 2.75) is 26.2 Å². The lowest BCUT2D eigenvalue weighted by molar-refractivity contribution is 0.461. The summed E-state index contributed by atoms with van der Waals surface area (Å²) in [6.07, 6.45) is 0. The Morgan fingerprint density at radius 1 is 1.33 bits per heavy atom. The Bertz CT molecular complexity index is 531. The van der Waals surface area contributed by atoms with Gasteiger partial charge in [-0.1, -0.05) is 19.9 Å². The van der Waals surface area contributed by atoms with Crippen LogP contribution in [0.3, 0.4) is 0 Å². The second-order valence-corrected chi connectivity index (χ2v) is 5.26. The number of hydrogen-bond acceptors (Lipinski definition) is 4. The molecular weight excluding hydrogens is 226 g/mol. The van der Waals surface area contributed by atoms with E-state index in [1.165, 1.54) is 5.56 Å². The Kier molecular flexibility index (Phi) is 3.68. The van der Waals surface area contributed by atoms with Gasteiger partial charge in [0.15, 0.2) is 11.5 Å². The molecule has 4 nitrogen and oxygen atoms in total. The number of benzene rings is 1. The van der Waals surface area contributed by atoms with E-state index in [1.54, 1.807) is 0 Å². The third-order valence-electron chi connectivity index (χ3n) is 3.14. The molecule has 0 aliphatic carbocycles. The molecule has 4 heteroatoms. The number of fused-ring (bicyclic) bond motifs is 1. The Morgan fingerprint density at radius 3 is 2.83 bits per heavy atom. The van der Waals surface area contributed by atoms with Crippen LogP contribution in [0.15, 0.2) is 22.6 Å². The van der Waals surface area contributed by atoms with Gasteiger partial charge in [0.25, 0.3) is 0 Å². The van der Waals surface area contributed by atoms with Crippen LogP contribution < -0.4 is 10.6 Å². The lowest BCUT2D eigenvalue weighted by Crippen LogP contribution is -2.37. The fourth-order valence-corrected chi connectivity index (χ4v) is 2.07. The summed E-state index contributed by atoms with van der Waals surface area (Å²) in [5, 5.41) is 6.46.